The summed E-state index contributed by atoms with van der Waals surface area (Å²) in [5.74, 6) is 0.535. The molecule has 2 aromatic rings. The monoisotopic (exact) mass is 329 g/mol. The van der Waals surface area contributed by atoms with Crippen molar-refractivity contribution in [3.05, 3.63) is 40.9 Å². The van der Waals surface area contributed by atoms with E-state index in [0.29, 0.717) is 15.8 Å². The summed E-state index contributed by atoms with van der Waals surface area (Å²) in [6, 6.07) is 4.99. The van der Waals surface area contributed by atoms with Gasteiger partial charge in [-0.1, -0.05) is 23.2 Å². The summed E-state index contributed by atoms with van der Waals surface area (Å²) >= 11 is 11.9. The lowest BCUT2D eigenvalue weighted by Gasteiger charge is -2.39. The van der Waals surface area contributed by atoms with E-state index in [1.54, 1.807) is 50.0 Å². The molecule has 0 bridgehead atoms. The lowest BCUT2D eigenvalue weighted by Crippen LogP contribution is -2.54. The molecule has 1 heterocycles. The van der Waals surface area contributed by atoms with Gasteiger partial charge in [0, 0.05) is 6.07 Å². The molecule has 0 radical (unpaired) electrons. The second-order valence-electron chi connectivity index (χ2n) is 5.56. The summed E-state index contributed by atoms with van der Waals surface area (Å²) in [5.41, 5.74) is -2.05. The van der Waals surface area contributed by atoms with Gasteiger partial charge < -0.3 is 9.84 Å². The van der Waals surface area contributed by atoms with Gasteiger partial charge in [0.2, 0.25) is 0 Å². The van der Waals surface area contributed by atoms with E-state index in [-0.39, 0.29) is 6.54 Å². The first-order chi connectivity index (χ1) is 9.71. The summed E-state index contributed by atoms with van der Waals surface area (Å²) < 4.78 is 7.45. The fourth-order valence-electron chi connectivity index (χ4n) is 1.77. The Balaban J connectivity index is 2.17. The van der Waals surface area contributed by atoms with Gasteiger partial charge in [0.15, 0.2) is 0 Å². The first-order valence-electron chi connectivity index (χ1n) is 6.40. The Kier molecular flexibility index (Phi) is 4.46. The number of halogens is 2. The molecular formula is C14H17Cl2N3O2. The van der Waals surface area contributed by atoms with Crippen molar-refractivity contribution < 1.29 is 9.84 Å². The number of ether oxygens (including phenoxy) is 1. The predicted molar refractivity (Wildman–Crippen MR) is 81.8 cm³/mol. The normalized spacial score (nSPS) is 14.8. The molecule has 7 heteroatoms. The summed E-state index contributed by atoms with van der Waals surface area (Å²) in [6.45, 7) is 5.53. The average molecular weight is 330 g/mol. The average Bonchev–Trinajstić information content (AvgIpc) is 2.85. The molecule has 1 unspecified atom stereocenters. The Hall–Kier alpha value is -1.30. The van der Waals surface area contributed by atoms with Gasteiger partial charge in [0.1, 0.15) is 29.6 Å². The zero-order chi connectivity index (χ0) is 15.7. The van der Waals surface area contributed by atoms with Gasteiger partial charge in [-0.2, -0.15) is 5.10 Å². The highest BCUT2D eigenvalue weighted by Crippen LogP contribution is 2.32. The Morgan fingerprint density at radius 3 is 2.52 bits per heavy atom. The third kappa shape index (κ3) is 3.67. The second kappa shape index (κ2) is 5.83. The largest absolute Gasteiger partial charge is 0.485 e. The Labute approximate surface area is 133 Å². The van der Waals surface area contributed by atoms with Crippen LogP contribution in [-0.2, 0) is 6.54 Å². The van der Waals surface area contributed by atoms with Crippen LogP contribution in [0.5, 0.6) is 5.75 Å². The Morgan fingerprint density at radius 1 is 1.24 bits per heavy atom. The minimum atomic E-state index is -1.17. The molecule has 0 amide bonds. The Morgan fingerprint density at radius 2 is 1.95 bits per heavy atom. The molecule has 1 aromatic carbocycles. The lowest BCUT2D eigenvalue weighted by atomic mass is 9.87. The maximum atomic E-state index is 10.7. The van der Waals surface area contributed by atoms with Crippen LogP contribution in [0.3, 0.4) is 0 Å². The third-order valence-corrected chi connectivity index (χ3v) is 4.24. The highest BCUT2D eigenvalue weighted by atomic mass is 35.5. The number of benzene rings is 1. The minimum absolute atomic E-state index is 0.251. The summed E-state index contributed by atoms with van der Waals surface area (Å²) in [4.78, 5) is 3.86. The SMILES string of the molecule is CC(O)(Cn1cncn1)C(C)(C)Oc1ccc(Cl)c(Cl)c1. The fourth-order valence-corrected chi connectivity index (χ4v) is 2.05. The summed E-state index contributed by atoms with van der Waals surface area (Å²) in [7, 11) is 0. The molecule has 0 aliphatic heterocycles. The number of aliphatic hydroxyl groups is 1. The van der Waals surface area contributed by atoms with E-state index in [1.165, 1.54) is 6.33 Å². The van der Waals surface area contributed by atoms with E-state index in [4.69, 9.17) is 27.9 Å². The van der Waals surface area contributed by atoms with E-state index in [0.717, 1.165) is 0 Å². The van der Waals surface area contributed by atoms with Crippen molar-refractivity contribution in [2.24, 2.45) is 0 Å². The van der Waals surface area contributed by atoms with Crippen molar-refractivity contribution in [2.45, 2.75) is 38.5 Å². The maximum absolute atomic E-state index is 10.7. The van der Waals surface area contributed by atoms with Gasteiger partial charge in [0.25, 0.3) is 0 Å². The molecule has 114 valence electrons. The smallest absolute Gasteiger partial charge is 0.137 e. The van der Waals surface area contributed by atoms with Gasteiger partial charge in [-0.25, -0.2) is 9.67 Å². The molecule has 1 atom stereocenters. The van der Waals surface area contributed by atoms with Gasteiger partial charge in [-0.05, 0) is 32.9 Å². The van der Waals surface area contributed by atoms with Crippen LogP contribution in [0.1, 0.15) is 20.8 Å². The van der Waals surface area contributed by atoms with E-state index in [9.17, 15) is 5.11 Å². The van der Waals surface area contributed by atoms with Gasteiger partial charge >= 0.3 is 0 Å². The molecule has 2 rings (SSSR count). The van der Waals surface area contributed by atoms with Crippen molar-refractivity contribution in [1.29, 1.82) is 0 Å². The fraction of sp³-hybridized carbons (Fsp3) is 0.429. The molecule has 0 aliphatic rings. The van der Waals surface area contributed by atoms with E-state index < -0.39 is 11.2 Å². The van der Waals surface area contributed by atoms with Crippen molar-refractivity contribution in [2.75, 3.05) is 0 Å². The first kappa shape index (κ1) is 16.1. The van der Waals surface area contributed by atoms with E-state index >= 15 is 0 Å². The molecule has 0 spiro atoms. The van der Waals surface area contributed by atoms with Crippen molar-refractivity contribution in [1.82, 2.24) is 14.8 Å². The molecule has 0 fully saturated rings. The zero-order valence-corrected chi connectivity index (χ0v) is 13.6. The molecular weight excluding hydrogens is 313 g/mol. The molecule has 0 aliphatic carbocycles. The van der Waals surface area contributed by atoms with Crippen LogP contribution in [0.25, 0.3) is 0 Å². The first-order valence-corrected chi connectivity index (χ1v) is 7.16. The molecule has 0 saturated carbocycles. The van der Waals surface area contributed by atoms with Crippen molar-refractivity contribution in [3.63, 3.8) is 0 Å². The van der Waals surface area contributed by atoms with Gasteiger partial charge in [0.05, 0.1) is 16.6 Å². The quantitative estimate of drug-likeness (QED) is 0.915. The zero-order valence-electron chi connectivity index (χ0n) is 12.0. The number of hydrogen-bond acceptors (Lipinski definition) is 4. The molecule has 5 nitrogen and oxygen atoms in total. The van der Waals surface area contributed by atoms with Crippen LogP contribution in [0.4, 0.5) is 0 Å². The van der Waals surface area contributed by atoms with Crippen LogP contribution in [0, 0.1) is 0 Å². The van der Waals surface area contributed by atoms with Crippen LogP contribution < -0.4 is 4.74 Å². The van der Waals surface area contributed by atoms with Crippen molar-refractivity contribution >= 4 is 23.2 Å². The van der Waals surface area contributed by atoms with Crippen LogP contribution in [0.2, 0.25) is 10.0 Å². The van der Waals surface area contributed by atoms with Crippen molar-refractivity contribution in [3.8, 4) is 5.75 Å². The third-order valence-electron chi connectivity index (χ3n) is 3.50. The number of nitrogens with zero attached hydrogens (tertiary/aromatic N) is 3. The molecule has 0 saturated heterocycles. The number of aromatic nitrogens is 3. The van der Waals surface area contributed by atoms with Gasteiger partial charge in [-0.3, -0.25) is 0 Å². The predicted octanol–water partition coefficient (Wildman–Crippen LogP) is 3.19. The number of hydrogen-bond donors (Lipinski definition) is 1. The molecule has 21 heavy (non-hydrogen) atoms. The Bertz CT molecular complexity index is 613. The van der Waals surface area contributed by atoms with Gasteiger partial charge in [-0.15, -0.1) is 0 Å². The summed E-state index contributed by atoms with van der Waals surface area (Å²) in [6.07, 6.45) is 2.96. The highest BCUT2D eigenvalue weighted by Gasteiger charge is 2.42. The topological polar surface area (TPSA) is 60.2 Å². The van der Waals surface area contributed by atoms with E-state index in [2.05, 4.69) is 10.1 Å². The highest BCUT2D eigenvalue weighted by molar-refractivity contribution is 6.42. The lowest BCUT2D eigenvalue weighted by molar-refractivity contribution is -0.114. The number of rotatable bonds is 5. The van der Waals surface area contributed by atoms with E-state index in [1.807, 2.05) is 0 Å². The molecule has 1 N–H and O–H groups in total. The maximum Gasteiger partial charge on any atom is 0.137 e. The van der Waals surface area contributed by atoms with Crippen LogP contribution in [-0.4, -0.2) is 31.1 Å². The standard InChI is InChI=1S/C14H17Cl2N3O2/c1-13(2,14(3,20)7-19-9-17-8-18-19)21-10-4-5-11(15)12(16)6-10/h4-6,8-9,20H,7H2,1-3H3. The van der Waals surface area contributed by atoms with Crippen LogP contribution >= 0.6 is 23.2 Å². The summed E-state index contributed by atoms with van der Waals surface area (Å²) in [5, 5.41) is 15.6. The second-order valence-corrected chi connectivity index (χ2v) is 6.37. The molecule has 1 aromatic heterocycles. The van der Waals surface area contributed by atoms with Crippen LogP contribution in [0.15, 0.2) is 30.9 Å². The minimum Gasteiger partial charge on any atom is -0.485 e.